The van der Waals surface area contributed by atoms with Crippen LogP contribution in [-0.2, 0) is 17.8 Å². The number of thiophene rings is 1. The second-order valence-electron chi connectivity index (χ2n) is 7.25. The van der Waals surface area contributed by atoms with Gasteiger partial charge in [-0.2, -0.15) is 0 Å². The highest BCUT2D eigenvalue weighted by Crippen LogP contribution is 2.33. The number of amides is 1. The summed E-state index contributed by atoms with van der Waals surface area (Å²) in [6.45, 7) is 3.95. The molecule has 0 fully saturated rings. The number of hydrogen-bond donors (Lipinski definition) is 0. The molecule has 1 aliphatic carbocycles. The predicted molar refractivity (Wildman–Crippen MR) is 108 cm³/mol. The molecule has 0 aliphatic heterocycles. The van der Waals surface area contributed by atoms with Gasteiger partial charge in [0.05, 0.1) is 17.8 Å². The molecule has 0 saturated carbocycles. The van der Waals surface area contributed by atoms with Gasteiger partial charge in [0.15, 0.2) is 0 Å². The highest BCUT2D eigenvalue weighted by Gasteiger charge is 2.27. The highest BCUT2D eigenvalue weighted by atomic mass is 32.1. The van der Waals surface area contributed by atoms with Gasteiger partial charge >= 0.3 is 0 Å². The van der Waals surface area contributed by atoms with E-state index in [0.29, 0.717) is 5.39 Å². The van der Waals surface area contributed by atoms with E-state index in [1.165, 1.54) is 33.4 Å². The molecule has 2 aromatic heterocycles. The number of likely N-dealkylation sites (N-methyl/N-ethyl adjacent to an activating group) is 1. The van der Waals surface area contributed by atoms with Crippen molar-refractivity contribution in [2.24, 2.45) is 0 Å². The van der Waals surface area contributed by atoms with E-state index in [4.69, 9.17) is 0 Å². The lowest BCUT2D eigenvalue weighted by molar-refractivity contribution is -0.133. The monoisotopic (exact) mass is 381 g/mol. The second kappa shape index (κ2) is 6.93. The van der Waals surface area contributed by atoms with E-state index in [1.807, 2.05) is 27.0 Å². The first-order chi connectivity index (χ1) is 13.0. The Hall–Kier alpha value is -2.47. The summed E-state index contributed by atoms with van der Waals surface area (Å²) in [5, 5.41) is 0.637. The summed E-state index contributed by atoms with van der Waals surface area (Å²) in [4.78, 5) is 33.8. The Morgan fingerprint density at radius 2 is 2.11 bits per heavy atom. The minimum Gasteiger partial charge on any atom is -0.337 e. The van der Waals surface area contributed by atoms with Crippen LogP contribution in [0.3, 0.4) is 0 Å². The van der Waals surface area contributed by atoms with Gasteiger partial charge in [0.25, 0.3) is 5.56 Å². The summed E-state index contributed by atoms with van der Waals surface area (Å²) in [6, 6.07) is 8.40. The van der Waals surface area contributed by atoms with E-state index in [1.54, 1.807) is 4.90 Å². The standard InChI is InChI=1S/C21H23N3O2S/c1-13-14(2)27-20-19(13)21(26)24(12-22-20)11-18(25)23(3)17-10-6-8-15-7-4-5-9-16(15)17/h4-5,7,9,12,17H,6,8,10-11H2,1-3H3. The number of nitrogens with zero attached hydrogens (tertiary/aromatic N) is 3. The van der Waals surface area contributed by atoms with Crippen molar-refractivity contribution >= 4 is 27.5 Å². The largest absolute Gasteiger partial charge is 0.337 e. The first-order valence-electron chi connectivity index (χ1n) is 9.26. The van der Waals surface area contributed by atoms with Crippen molar-refractivity contribution in [2.45, 2.75) is 45.7 Å². The molecule has 2 heterocycles. The van der Waals surface area contributed by atoms with E-state index in [-0.39, 0.29) is 24.1 Å². The first kappa shape index (κ1) is 17.9. The average molecular weight is 382 g/mol. The number of benzene rings is 1. The van der Waals surface area contributed by atoms with E-state index >= 15 is 0 Å². The molecule has 3 aromatic rings. The van der Waals surface area contributed by atoms with Gasteiger partial charge in [0.1, 0.15) is 11.4 Å². The second-order valence-corrected chi connectivity index (χ2v) is 8.46. The molecule has 4 rings (SSSR count). The zero-order chi connectivity index (χ0) is 19.1. The van der Waals surface area contributed by atoms with Gasteiger partial charge in [0.2, 0.25) is 5.91 Å². The zero-order valence-electron chi connectivity index (χ0n) is 15.9. The fourth-order valence-electron chi connectivity index (χ4n) is 3.94. The summed E-state index contributed by atoms with van der Waals surface area (Å²) in [7, 11) is 1.84. The smallest absolute Gasteiger partial charge is 0.262 e. The summed E-state index contributed by atoms with van der Waals surface area (Å²) < 4.78 is 1.44. The van der Waals surface area contributed by atoms with Crippen molar-refractivity contribution in [1.29, 1.82) is 0 Å². The van der Waals surface area contributed by atoms with Gasteiger partial charge in [-0.25, -0.2) is 4.98 Å². The maximum atomic E-state index is 12.9. The van der Waals surface area contributed by atoms with Crippen LogP contribution in [0.15, 0.2) is 35.4 Å². The molecule has 1 amide bonds. The van der Waals surface area contributed by atoms with Gasteiger partial charge in [-0.15, -0.1) is 11.3 Å². The van der Waals surface area contributed by atoms with Crippen molar-refractivity contribution in [2.75, 3.05) is 7.05 Å². The van der Waals surface area contributed by atoms with Crippen LogP contribution in [0.5, 0.6) is 0 Å². The molecule has 1 aliphatic rings. The molecule has 0 N–H and O–H groups in total. The van der Waals surface area contributed by atoms with Crippen LogP contribution in [-0.4, -0.2) is 27.4 Å². The summed E-state index contributed by atoms with van der Waals surface area (Å²) in [6.07, 6.45) is 4.58. The van der Waals surface area contributed by atoms with Gasteiger partial charge in [-0.1, -0.05) is 24.3 Å². The summed E-state index contributed by atoms with van der Waals surface area (Å²) in [5.41, 5.74) is 3.37. The fourth-order valence-corrected chi connectivity index (χ4v) is 4.93. The van der Waals surface area contributed by atoms with Crippen molar-refractivity contribution in [1.82, 2.24) is 14.5 Å². The summed E-state index contributed by atoms with van der Waals surface area (Å²) in [5.74, 6) is -0.0652. The molecule has 5 nitrogen and oxygen atoms in total. The molecule has 140 valence electrons. The van der Waals surface area contributed by atoms with Crippen molar-refractivity contribution < 1.29 is 4.79 Å². The minimum atomic E-state index is -0.132. The number of aromatic nitrogens is 2. The van der Waals surface area contributed by atoms with E-state index in [9.17, 15) is 9.59 Å². The Morgan fingerprint density at radius 1 is 1.33 bits per heavy atom. The quantitative estimate of drug-likeness (QED) is 0.696. The third kappa shape index (κ3) is 3.08. The third-order valence-electron chi connectivity index (χ3n) is 5.66. The molecule has 1 atom stereocenters. The number of carbonyl (C=O) groups is 1. The average Bonchev–Trinajstić information content (AvgIpc) is 2.97. The highest BCUT2D eigenvalue weighted by molar-refractivity contribution is 7.18. The van der Waals surface area contributed by atoms with Crippen LogP contribution in [0.25, 0.3) is 10.2 Å². The van der Waals surface area contributed by atoms with E-state index in [0.717, 1.165) is 34.5 Å². The van der Waals surface area contributed by atoms with Gasteiger partial charge in [0, 0.05) is 11.9 Å². The number of aryl methyl sites for hydroxylation is 3. The van der Waals surface area contributed by atoms with Gasteiger partial charge in [-0.05, 0) is 49.8 Å². The molecule has 0 spiro atoms. The van der Waals surface area contributed by atoms with E-state index in [2.05, 4.69) is 23.2 Å². The zero-order valence-corrected chi connectivity index (χ0v) is 16.7. The SMILES string of the molecule is Cc1sc2ncn(CC(=O)N(C)C3CCCc4ccccc43)c(=O)c2c1C. The molecule has 0 saturated heterocycles. The maximum Gasteiger partial charge on any atom is 0.262 e. The lowest BCUT2D eigenvalue weighted by atomic mass is 9.87. The minimum absolute atomic E-state index is 0.0191. The number of carbonyl (C=O) groups excluding carboxylic acids is 1. The molecule has 0 radical (unpaired) electrons. The maximum absolute atomic E-state index is 12.9. The van der Waals surface area contributed by atoms with Gasteiger partial charge < -0.3 is 4.90 Å². The Kier molecular flexibility index (Phi) is 4.60. The number of rotatable bonds is 3. The topological polar surface area (TPSA) is 55.2 Å². The molecule has 0 bridgehead atoms. The number of fused-ring (bicyclic) bond motifs is 2. The molecule has 27 heavy (non-hydrogen) atoms. The molecular weight excluding hydrogens is 358 g/mol. The van der Waals surface area contributed by atoms with E-state index < -0.39 is 0 Å². The van der Waals surface area contributed by atoms with Crippen LogP contribution in [0, 0.1) is 13.8 Å². The fraction of sp³-hybridized carbons (Fsp3) is 0.381. The normalized spacial score (nSPS) is 16.3. The Labute approximate surface area is 162 Å². The molecule has 6 heteroatoms. The first-order valence-corrected chi connectivity index (χ1v) is 10.1. The van der Waals surface area contributed by atoms with Crippen LogP contribution in [0.4, 0.5) is 0 Å². The third-order valence-corrected chi connectivity index (χ3v) is 6.78. The molecule has 1 aromatic carbocycles. The lowest BCUT2D eigenvalue weighted by Gasteiger charge is -2.33. The summed E-state index contributed by atoms with van der Waals surface area (Å²) >= 11 is 1.52. The van der Waals surface area contributed by atoms with Crippen LogP contribution in [0.2, 0.25) is 0 Å². The Bertz CT molecular complexity index is 1080. The Balaban J connectivity index is 1.61. The van der Waals surface area contributed by atoms with Crippen molar-refractivity contribution in [3.63, 3.8) is 0 Å². The Morgan fingerprint density at radius 3 is 2.93 bits per heavy atom. The molecule has 1 unspecified atom stereocenters. The van der Waals surface area contributed by atoms with Crippen molar-refractivity contribution in [3.8, 4) is 0 Å². The molecular formula is C21H23N3O2S. The number of hydrogen-bond acceptors (Lipinski definition) is 4. The van der Waals surface area contributed by atoms with Crippen molar-refractivity contribution in [3.05, 3.63) is 62.5 Å². The van der Waals surface area contributed by atoms with Crippen LogP contribution >= 0.6 is 11.3 Å². The van der Waals surface area contributed by atoms with Crippen LogP contribution in [0.1, 0.15) is 40.5 Å². The van der Waals surface area contributed by atoms with Gasteiger partial charge in [-0.3, -0.25) is 14.2 Å². The lowest BCUT2D eigenvalue weighted by Crippen LogP contribution is -2.37. The van der Waals surface area contributed by atoms with Crippen LogP contribution < -0.4 is 5.56 Å². The predicted octanol–water partition coefficient (Wildman–Crippen LogP) is 3.61.